The van der Waals surface area contributed by atoms with Gasteiger partial charge in [-0.15, -0.1) is 0 Å². The second-order valence-corrected chi connectivity index (χ2v) is 11.2. The summed E-state index contributed by atoms with van der Waals surface area (Å²) in [6.45, 7) is 3.75. The number of para-hydroxylation sites is 1. The molecular formula is C34H28N2O6S. The lowest BCUT2D eigenvalue weighted by Gasteiger charge is -2.25. The monoisotopic (exact) mass is 592 g/mol. The maximum atomic E-state index is 14.1. The zero-order chi connectivity index (χ0) is 30.1. The Balaban J connectivity index is 1.45. The summed E-state index contributed by atoms with van der Waals surface area (Å²) < 4.78 is 18.6. The quantitative estimate of drug-likeness (QED) is 0.304. The summed E-state index contributed by atoms with van der Waals surface area (Å²) in [7, 11) is 1.31. The molecule has 9 heteroatoms. The molecule has 0 bridgehead atoms. The van der Waals surface area contributed by atoms with Crippen LogP contribution in [0.3, 0.4) is 0 Å². The first-order chi connectivity index (χ1) is 20.8. The number of carbonyl (C=O) groups excluding carboxylic acids is 2. The van der Waals surface area contributed by atoms with E-state index < -0.39 is 18.0 Å². The third-order valence-corrected chi connectivity index (χ3v) is 8.40. The normalized spacial score (nSPS) is 17.7. The average molecular weight is 593 g/mol. The van der Waals surface area contributed by atoms with Crippen molar-refractivity contribution in [2.75, 3.05) is 7.11 Å². The molecule has 3 heterocycles. The van der Waals surface area contributed by atoms with Crippen molar-refractivity contribution in [1.29, 1.82) is 0 Å². The van der Waals surface area contributed by atoms with Crippen LogP contribution in [0.1, 0.15) is 46.9 Å². The lowest BCUT2D eigenvalue weighted by atomic mass is 9.95. The molecule has 0 saturated carbocycles. The van der Waals surface area contributed by atoms with E-state index in [1.165, 1.54) is 23.0 Å². The molecular weight excluding hydrogens is 564 g/mol. The van der Waals surface area contributed by atoms with E-state index in [1.54, 1.807) is 31.2 Å². The largest absolute Gasteiger partial charge is 0.485 e. The highest BCUT2D eigenvalue weighted by Gasteiger charge is 2.34. The Morgan fingerprint density at radius 2 is 1.72 bits per heavy atom. The van der Waals surface area contributed by atoms with Gasteiger partial charge in [-0.3, -0.25) is 9.36 Å². The Hall–Kier alpha value is -5.02. The lowest BCUT2D eigenvalue weighted by molar-refractivity contribution is -0.140. The van der Waals surface area contributed by atoms with Gasteiger partial charge in [-0.25, -0.2) is 14.6 Å². The summed E-state index contributed by atoms with van der Waals surface area (Å²) in [5.41, 5.74) is 4.01. The summed E-state index contributed by atoms with van der Waals surface area (Å²) in [5, 5.41) is 0. The number of esters is 2. The van der Waals surface area contributed by atoms with E-state index in [-0.39, 0.29) is 23.8 Å². The fourth-order valence-corrected chi connectivity index (χ4v) is 6.24. The topological polar surface area (TPSA) is 96.2 Å². The highest BCUT2D eigenvalue weighted by Crippen LogP contribution is 2.32. The first kappa shape index (κ1) is 28.1. The molecule has 4 aromatic rings. The summed E-state index contributed by atoms with van der Waals surface area (Å²) in [6.07, 6.45) is 3.58. The molecule has 3 aromatic carbocycles. The van der Waals surface area contributed by atoms with Gasteiger partial charge in [0.1, 0.15) is 18.5 Å². The van der Waals surface area contributed by atoms with Gasteiger partial charge in [0.25, 0.3) is 5.56 Å². The fourth-order valence-electron chi connectivity index (χ4n) is 5.19. The predicted molar refractivity (Wildman–Crippen MR) is 163 cm³/mol. The predicted octanol–water partition coefficient (Wildman–Crippen LogP) is 4.58. The molecule has 6 rings (SSSR count). The third kappa shape index (κ3) is 5.47. The summed E-state index contributed by atoms with van der Waals surface area (Å²) in [4.78, 5) is 44.9. The van der Waals surface area contributed by atoms with Gasteiger partial charge in [0.05, 0.1) is 34.5 Å². The number of hydrogen-bond acceptors (Lipinski definition) is 8. The molecule has 43 heavy (non-hydrogen) atoms. The second-order valence-electron chi connectivity index (χ2n) is 10.2. The number of nitrogens with zero attached hydrogens (tertiary/aromatic N) is 2. The number of fused-ring (bicyclic) bond motifs is 2. The van der Waals surface area contributed by atoms with Crippen LogP contribution in [-0.4, -0.2) is 29.7 Å². The minimum Gasteiger partial charge on any atom is -0.485 e. The molecule has 0 fully saturated rings. The van der Waals surface area contributed by atoms with Crippen LogP contribution in [0.5, 0.6) is 5.75 Å². The number of methoxy groups -OCH3 is 1. The van der Waals surface area contributed by atoms with Crippen LogP contribution in [0.25, 0.3) is 12.2 Å². The summed E-state index contributed by atoms with van der Waals surface area (Å²) in [5.74, 6) is -0.267. The van der Waals surface area contributed by atoms with Gasteiger partial charge in [0.2, 0.25) is 0 Å². The van der Waals surface area contributed by atoms with Crippen LogP contribution >= 0.6 is 11.3 Å². The zero-order valence-electron chi connectivity index (χ0n) is 23.8. The maximum Gasteiger partial charge on any atom is 0.338 e. The molecule has 2 unspecified atom stereocenters. The molecule has 8 nitrogen and oxygen atoms in total. The number of aromatic nitrogens is 1. The molecule has 0 N–H and O–H groups in total. The minimum atomic E-state index is -0.817. The van der Waals surface area contributed by atoms with Crippen molar-refractivity contribution in [2.45, 2.75) is 32.6 Å². The number of hydrogen-bond donors (Lipinski definition) is 0. The van der Waals surface area contributed by atoms with Gasteiger partial charge >= 0.3 is 11.9 Å². The lowest BCUT2D eigenvalue weighted by Crippen LogP contribution is -2.40. The SMILES string of the molecule is COC(=O)c1ccc(C2C(C(=O)OCc3ccccc3)=C(C)N=c3sc(=CC4=Cc5ccccc5OC4C)c(=O)n32)cc1. The Morgan fingerprint density at radius 3 is 2.47 bits per heavy atom. The van der Waals surface area contributed by atoms with E-state index in [2.05, 4.69) is 4.99 Å². The van der Waals surface area contributed by atoms with Gasteiger partial charge < -0.3 is 14.2 Å². The van der Waals surface area contributed by atoms with Gasteiger partial charge in [-0.2, -0.15) is 0 Å². The van der Waals surface area contributed by atoms with E-state index in [0.29, 0.717) is 26.2 Å². The first-order valence-corrected chi connectivity index (χ1v) is 14.5. The molecule has 2 aliphatic rings. The molecule has 216 valence electrons. The smallest absolute Gasteiger partial charge is 0.338 e. The molecule has 0 amide bonds. The minimum absolute atomic E-state index is 0.0718. The highest BCUT2D eigenvalue weighted by atomic mass is 32.1. The van der Waals surface area contributed by atoms with E-state index in [4.69, 9.17) is 14.2 Å². The summed E-state index contributed by atoms with van der Waals surface area (Å²) in [6, 6.07) is 23.0. The van der Waals surface area contributed by atoms with Gasteiger partial charge in [-0.1, -0.05) is 72.0 Å². The van der Waals surface area contributed by atoms with Gasteiger partial charge in [-0.05, 0) is 60.9 Å². The van der Waals surface area contributed by atoms with Crippen LogP contribution in [-0.2, 0) is 20.9 Å². The number of benzene rings is 3. The second kappa shape index (κ2) is 11.7. The average Bonchev–Trinajstić information content (AvgIpc) is 3.33. The molecule has 0 spiro atoms. The van der Waals surface area contributed by atoms with Crippen LogP contribution in [0, 0.1) is 0 Å². The Bertz CT molecular complexity index is 1970. The van der Waals surface area contributed by atoms with E-state index in [9.17, 15) is 14.4 Å². The van der Waals surface area contributed by atoms with E-state index >= 15 is 0 Å². The highest BCUT2D eigenvalue weighted by molar-refractivity contribution is 7.07. The van der Waals surface area contributed by atoms with Crippen molar-refractivity contribution in [3.05, 3.63) is 138 Å². The van der Waals surface area contributed by atoms with Crippen molar-refractivity contribution < 1.29 is 23.8 Å². The number of carbonyl (C=O) groups is 2. The number of allylic oxidation sites excluding steroid dienone is 1. The van der Waals surface area contributed by atoms with Crippen molar-refractivity contribution in [3.63, 3.8) is 0 Å². The molecule has 0 saturated heterocycles. The van der Waals surface area contributed by atoms with Gasteiger partial charge in [0.15, 0.2) is 4.80 Å². The number of rotatable bonds is 6. The summed E-state index contributed by atoms with van der Waals surface area (Å²) >= 11 is 1.25. The van der Waals surface area contributed by atoms with Crippen molar-refractivity contribution in [3.8, 4) is 5.75 Å². The van der Waals surface area contributed by atoms with Crippen LogP contribution in [0.15, 0.2) is 105 Å². The van der Waals surface area contributed by atoms with Gasteiger partial charge in [0, 0.05) is 5.56 Å². The van der Waals surface area contributed by atoms with E-state index in [0.717, 1.165) is 22.4 Å². The van der Waals surface area contributed by atoms with Crippen LogP contribution in [0.4, 0.5) is 0 Å². The Morgan fingerprint density at radius 1 is 1.00 bits per heavy atom. The van der Waals surface area contributed by atoms with E-state index in [1.807, 2.05) is 73.7 Å². The molecule has 0 radical (unpaired) electrons. The van der Waals surface area contributed by atoms with Crippen LogP contribution < -0.4 is 19.6 Å². The maximum absolute atomic E-state index is 14.1. The van der Waals surface area contributed by atoms with Crippen molar-refractivity contribution in [2.24, 2.45) is 4.99 Å². The number of thiazole rings is 1. The Kier molecular flexibility index (Phi) is 7.65. The number of ether oxygens (including phenoxy) is 3. The molecule has 2 aliphatic heterocycles. The van der Waals surface area contributed by atoms with Crippen molar-refractivity contribution >= 4 is 35.4 Å². The van der Waals surface area contributed by atoms with Crippen molar-refractivity contribution in [1.82, 2.24) is 4.57 Å². The molecule has 2 atom stereocenters. The fraction of sp³-hybridized carbons (Fsp3) is 0.176. The zero-order valence-corrected chi connectivity index (χ0v) is 24.6. The molecule has 1 aromatic heterocycles. The first-order valence-electron chi connectivity index (χ1n) is 13.7. The third-order valence-electron chi connectivity index (χ3n) is 7.41. The Labute approximate surface area is 251 Å². The van der Waals surface area contributed by atoms with Crippen LogP contribution in [0.2, 0.25) is 0 Å². The standard InChI is InChI=1S/C34H28N2O6S/c1-20-29(33(39)41-19-22-9-5-4-6-10-22)30(23-13-15-24(16-14-23)32(38)40-3)36-31(37)28(43-34(36)35-20)18-26-17-25-11-7-8-12-27(25)42-21(26)2/h4-18,21,30H,19H2,1-3H3. The molecule has 0 aliphatic carbocycles.